The third-order valence-electron chi connectivity index (χ3n) is 1.55. The van der Waals surface area contributed by atoms with Gasteiger partial charge in [0.15, 0.2) is 5.82 Å². The molecule has 1 atom stereocenters. The second-order valence-corrected chi connectivity index (χ2v) is 2.90. The molecule has 0 radical (unpaired) electrons. The normalized spacial score (nSPS) is 13.1. The summed E-state index contributed by atoms with van der Waals surface area (Å²) in [7, 11) is 0. The number of aryl methyl sites for hydroxylation is 1. The van der Waals surface area contributed by atoms with Crippen LogP contribution < -0.4 is 0 Å². The quantitative estimate of drug-likeness (QED) is 0.542. The molecule has 76 valence electrons. The maximum absolute atomic E-state index is 10.4. The number of hydrogen-bond donors (Lipinski definition) is 0. The molecule has 0 saturated heterocycles. The highest BCUT2D eigenvalue weighted by atomic mass is 16.5. The molecule has 0 aliphatic rings. The standard InChI is InChI=1S/C9H12N2O3/c1-6(4-5-13-8(3)12)9-10-7(2)14-11-9/h4-6H,1-3H3/b5-4-. The van der Waals surface area contributed by atoms with Crippen LogP contribution in [0.5, 0.6) is 0 Å². The van der Waals surface area contributed by atoms with Gasteiger partial charge in [0, 0.05) is 19.8 Å². The van der Waals surface area contributed by atoms with Gasteiger partial charge in [-0.2, -0.15) is 4.98 Å². The van der Waals surface area contributed by atoms with E-state index in [1.54, 1.807) is 13.0 Å². The molecule has 0 amide bonds. The van der Waals surface area contributed by atoms with Crippen LogP contribution in [-0.2, 0) is 9.53 Å². The molecule has 0 spiro atoms. The van der Waals surface area contributed by atoms with E-state index in [9.17, 15) is 4.79 Å². The van der Waals surface area contributed by atoms with Gasteiger partial charge in [0.1, 0.15) is 0 Å². The molecule has 5 heteroatoms. The van der Waals surface area contributed by atoms with Crippen molar-refractivity contribution < 1.29 is 14.1 Å². The van der Waals surface area contributed by atoms with Crippen molar-refractivity contribution >= 4 is 5.97 Å². The number of ether oxygens (including phenoxy) is 1. The number of rotatable bonds is 3. The molecule has 0 fully saturated rings. The zero-order valence-electron chi connectivity index (χ0n) is 8.35. The number of esters is 1. The fraction of sp³-hybridized carbons (Fsp3) is 0.444. The van der Waals surface area contributed by atoms with E-state index in [1.807, 2.05) is 6.92 Å². The van der Waals surface area contributed by atoms with Gasteiger partial charge in [-0.3, -0.25) is 4.79 Å². The Hall–Kier alpha value is -1.65. The predicted octanol–water partition coefficient (Wildman–Crippen LogP) is 1.56. The smallest absolute Gasteiger partial charge is 0.307 e. The van der Waals surface area contributed by atoms with Crippen LogP contribution in [-0.4, -0.2) is 16.1 Å². The average Bonchev–Trinajstić information content (AvgIpc) is 2.51. The summed E-state index contributed by atoms with van der Waals surface area (Å²) in [6.45, 7) is 4.94. The topological polar surface area (TPSA) is 65.2 Å². The Kier molecular flexibility index (Phi) is 3.39. The minimum absolute atomic E-state index is 0.0354. The van der Waals surface area contributed by atoms with Crippen LogP contribution in [0.3, 0.4) is 0 Å². The molecule has 0 aliphatic carbocycles. The van der Waals surface area contributed by atoms with Gasteiger partial charge in [-0.15, -0.1) is 0 Å². The van der Waals surface area contributed by atoms with Crippen LogP contribution in [0.25, 0.3) is 0 Å². The predicted molar refractivity (Wildman–Crippen MR) is 48.4 cm³/mol. The van der Waals surface area contributed by atoms with Crippen LogP contribution in [0.2, 0.25) is 0 Å². The van der Waals surface area contributed by atoms with Crippen molar-refractivity contribution in [2.45, 2.75) is 26.7 Å². The first-order chi connectivity index (χ1) is 6.59. The molecular formula is C9H12N2O3. The van der Waals surface area contributed by atoms with Crippen LogP contribution in [0.4, 0.5) is 0 Å². The molecule has 1 rings (SSSR count). The molecule has 0 aromatic carbocycles. The molecule has 1 heterocycles. The molecular weight excluding hydrogens is 184 g/mol. The van der Waals surface area contributed by atoms with Crippen LogP contribution in [0.1, 0.15) is 31.5 Å². The van der Waals surface area contributed by atoms with Gasteiger partial charge in [-0.05, 0) is 6.08 Å². The summed E-state index contributed by atoms with van der Waals surface area (Å²) in [5.74, 6) is 0.711. The van der Waals surface area contributed by atoms with E-state index in [2.05, 4.69) is 14.9 Å². The van der Waals surface area contributed by atoms with Crippen molar-refractivity contribution in [1.82, 2.24) is 10.1 Å². The minimum atomic E-state index is -0.349. The van der Waals surface area contributed by atoms with E-state index in [4.69, 9.17) is 4.52 Å². The second-order valence-electron chi connectivity index (χ2n) is 2.90. The Labute approximate surface area is 81.8 Å². The van der Waals surface area contributed by atoms with E-state index in [-0.39, 0.29) is 11.9 Å². The molecule has 1 unspecified atom stereocenters. The monoisotopic (exact) mass is 196 g/mol. The second kappa shape index (κ2) is 4.55. The zero-order valence-corrected chi connectivity index (χ0v) is 8.35. The summed E-state index contributed by atoms with van der Waals surface area (Å²) < 4.78 is 9.45. The lowest BCUT2D eigenvalue weighted by Crippen LogP contribution is -1.94. The van der Waals surface area contributed by atoms with Gasteiger partial charge < -0.3 is 9.26 Å². The zero-order chi connectivity index (χ0) is 10.6. The maximum atomic E-state index is 10.4. The number of aromatic nitrogens is 2. The molecule has 0 bridgehead atoms. The van der Waals surface area contributed by atoms with Crippen molar-refractivity contribution in [1.29, 1.82) is 0 Å². The Morgan fingerprint density at radius 3 is 2.86 bits per heavy atom. The first-order valence-electron chi connectivity index (χ1n) is 4.23. The van der Waals surface area contributed by atoms with Crippen molar-refractivity contribution in [2.24, 2.45) is 0 Å². The fourth-order valence-electron chi connectivity index (χ4n) is 0.839. The molecule has 14 heavy (non-hydrogen) atoms. The van der Waals surface area contributed by atoms with E-state index in [0.717, 1.165) is 0 Å². The summed E-state index contributed by atoms with van der Waals surface area (Å²) in [4.78, 5) is 14.5. The number of allylic oxidation sites excluding steroid dienone is 1. The lowest BCUT2D eigenvalue weighted by Gasteiger charge is -1.97. The highest BCUT2D eigenvalue weighted by Gasteiger charge is 2.08. The number of carbonyl (C=O) groups is 1. The number of hydrogen-bond acceptors (Lipinski definition) is 5. The van der Waals surface area contributed by atoms with Gasteiger partial charge in [0.2, 0.25) is 5.89 Å². The van der Waals surface area contributed by atoms with Crippen molar-refractivity contribution in [3.8, 4) is 0 Å². The summed E-state index contributed by atoms with van der Waals surface area (Å²) in [6, 6.07) is 0. The Morgan fingerprint density at radius 1 is 1.64 bits per heavy atom. The van der Waals surface area contributed by atoms with E-state index in [0.29, 0.717) is 11.7 Å². The first kappa shape index (κ1) is 10.4. The maximum Gasteiger partial charge on any atom is 0.307 e. The molecule has 1 aromatic rings. The van der Waals surface area contributed by atoms with Gasteiger partial charge in [-0.25, -0.2) is 0 Å². The third kappa shape index (κ3) is 3.01. The van der Waals surface area contributed by atoms with Crippen LogP contribution >= 0.6 is 0 Å². The van der Waals surface area contributed by atoms with Gasteiger partial charge in [0.25, 0.3) is 0 Å². The van der Waals surface area contributed by atoms with Gasteiger partial charge >= 0.3 is 5.97 Å². The van der Waals surface area contributed by atoms with E-state index in [1.165, 1.54) is 13.2 Å². The van der Waals surface area contributed by atoms with Gasteiger partial charge in [0.05, 0.1) is 6.26 Å². The first-order valence-corrected chi connectivity index (χ1v) is 4.23. The lowest BCUT2D eigenvalue weighted by atomic mass is 10.2. The molecule has 0 N–H and O–H groups in total. The minimum Gasteiger partial charge on any atom is -0.435 e. The van der Waals surface area contributed by atoms with Crippen molar-refractivity contribution in [2.75, 3.05) is 0 Å². The summed E-state index contributed by atoms with van der Waals surface area (Å²) >= 11 is 0. The average molecular weight is 196 g/mol. The molecule has 5 nitrogen and oxygen atoms in total. The summed E-state index contributed by atoms with van der Waals surface area (Å²) in [5.41, 5.74) is 0. The number of nitrogens with zero attached hydrogens (tertiary/aromatic N) is 2. The Morgan fingerprint density at radius 2 is 2.36 bits per heavy atom. The summed E-state index contributed by atoms with van der Waals surface area (Å²) in [5, 5.41) is 3.74. The third-order valence-corrected chi connectivity index (χ3v) is 1.55. The SMILES string of the molecule is CC(=O)O/C=C\C(C)c1noc(C)n1. The van der Waals surface area contributed by atoms with E-state index < -0.39 is 0 Å². The number of carbonyl (C=O) groups excluding carboxylic acids is 1. The van der Waals surface area contributed by atoms with E-state index >= 15 is 0 Å². The van der Waals surface area contributed by atoms with Crippen molar-refractivity contribution in [3.63, 3.8) is 0 Å². The fourth-order valence-corrected chi connectivity index (χ4v) is 0.839. The Balaban J connectivity index is 2.54. The largest absolute Gasteiger partial charge is 0.435 e. The lowest BCUT2D eigenvalue weighted by molar-refractivity contribution is -0.135. The Bertz CT molecular complexity index is 344. The van der Waals surface area contributed by atoms with Crippen LogP contribution in [0, 0.1) is 6.92 Å². The molecule has 0 aliphatic heterocycles. The highest BCUT2D eigenvalue weighted by molar-refractivity contribution is 5.66. The summed E-state index contributed by atoms with van der Waals surface area (Å²) in [6.07, 6.45) is 3.02. The van der Waals surface area contributed by atoms with Crippen molar-refractivity contribution in [3.05, 3.63) is 24.1 Å². The highest BCUT2D eigenvalue weighted by Crippen LogP contribution is 2.12. The van der Waals surface area contributed by atoms with Crippen LogP contribution in [0.15, 0.2) is 16.9 Å². The van der Waals surface area contributed by atoms with Gasteiger partial charge in [-0.1, -0.05) is 12.1 Å². The molecule has 1 aromatic heterocycles. The molecule has 0 saturated carbocycles.